The lowest BCUT2D eigenvalue weighted by Crippen LogP contribution is -2.12. The normalized spacial score (nSPS) is 17.2. The second-order valence-electron chi connectivity index (χ2n) is 5.53. The molecule has 1 aliphatic rings. The van der Waals surface area contributed by atoms with Crippen molar-refractivity contribution >= 4 is 6.29 Å². The number of carbonyl (C=O) groups is 1. The summed E-state index contributed by atoms with van der Waals surface area (Å²) in [4.78, 5) is 10.4. The van der Waals surface area contributed by atoms with Crippen molar-refractivity contribution in [1.29, 1.82) is 0 Å². The zero-order chi connectivity index (χ0) is 11.8. The lowest BCUT2D eigenvalue weighted by atomic mass is 9.85. The standard InChI is InChI=1S/C15H20O/c1-11-9-14-13(6-7-15(14,2)3)10-12(11)5-4-8-16/h8-10H,4-7H2,1-3H3. The first-order valence-electron chi connectivity index (χ1n) is 6.11. The molecule has 0 fully saturated rings. The van der Waals surface area contributed by atoms with Gasteiger partial charge in [0.05, 0.1) is 0 Å². The maximum atomic E-state index is 10.4. The zero-order valence-corrected chi connectivity index (χ0v) is 10.5. The van der Waals surface area contributed by atoms with Crippen LogP contribution in [0, 0.1) is 6.92 Å². The van der Waals surface area contributed by atoms with Crippen LogP contribution in [0.1, 0.15) is 48.9 Å². The molecule has 0 heterocycles. The van der Waals surface area contributed by atoms with Crippen LogP contribution < -0.4 is 0 Å². The van der Waals surface area contributed by atoms with Crippen LogP contribution in [0.25, 0.3) is 0 Å². The number of rotatable bonds is 3. The van der Waals surface area contributed by atoms with Crippen LogP contribution in [-0.4, -0.2) is 6.29 Å². The molecule has 1 aliphatic carbocycles. The molecule has 0 atom stereocenters. The van der Waals surface area contributed by atoms with Crippen molar-refractivity contribution in [2.45, 2.75) is 51.9 Å². The van der Waals surface area contributed by atoms with Crippen molar-refractivity contribution in [3.05, 3.63) is 34.4 Å². The van der Waals surface area contributed by atoms with Crippen molar-refractivity contribution in [3.63, 3.8) is 0 Å². The molecule has 2 rings (SSSR count). The van der Waals surface area contributed by atoms with Crippen LogP contribution in [0.5, 0.6) is 0 Å². The van der Waals surface area contributed by atoms with Crippen molar-refractivity contribution in [1.82, 2.24) is 0 Å². The Bertz CT molecular complexity index is 416. The summed E-state index contributed by atoms with van der Waals surface area (Å²) in [6.45, 7) is 6.81. The Kier molecular flexibility index (Phi) is 2.88. The molecule has 1 aromatic carbocycles. The molecule has 86 valence electrons. The molecule has 1 heteroatoms. The van der Waals surface area contributed by atoms with E-state index < -0.39 is 0 Å². The van der Waals surface area contributed by atoms with Crippen molar-refractivity contribution in [2.75, 3.05) is 0 Å². The fourth-order valence-electron chi connectivity index (χ4n) is 2.71. The third-order valence-corrected chi connectivity index (χ3v) is 3.84. The van der Waals surface area contributed by atoms with E-state index in [1.165, 1.54) is 35.1 Å². The van der Waals surface area contributed by atoms with Crippen LogP contribution >= 0.6 is 0 Å². The number of aldehydes is 1. The minimum absolute atomic E-state index is 0.337. The number of hydrogen-bond donors (Lipinski definition) is 0. The first kappa shape index (κ1) is 11.4. The van der Waals surface area contributed by atoms with E-state index in [0.717, 1.165) is 12.7 Å². The summed E-state index contributed by atoms with van der Waals surface area (Å²) < 4.78 is 0. The van der Waals surface area contributed by atoms with Gasteiger partial charge in [-0.15, -0.1) is 0 Å². The number of carbonyl (C=O) groups excluding carboxylic acids is 1. The highest BCUT2D eigenvalue weighted by molar-refractivity contribution is 5.51. The molecular weight excluding hydrogens is 196 g/mol. The predicted molar refractivity (Wildman–Crippen MR) is 66.9 cm³/mol. The Morgan fingerprint density at radius 1 is 1.38 bits per heavy atom. The Balaban J connectivity index is 2.37. The Hall–Kier alpha value is -1.11. The molecule has 1 nitrogen and oxygen atoms in total. The summed E-state index contributed by atoms with van der Waals surface area (Å²) in [5.74, 6) is 0. The lowest BCUT2D eigenvalue weighted by Gasteiger charge is -2.20. The summed E-state index contributed by atoms with van der Waals surface area (Å²) in [5.41, 5.74) is 6.04. The second-order valence-corrected chi connectivity index (χ2v) is 5.53. The summed E-state index contributed by atoms with van der Waals surface area (Å²) in [6.07, 6.45) is 4.98. The lowest BCUT2D eigenvalue weighted by molar-refractivity contribution is -0.107. The molecule has 0 amide bonds. The molecule has 0 saturated carbocycles. The molecule has 0 bridgehead atoms. The van der Waals surface area contributed by atoms with Gasteiger partial charge in [-0.05, 0) is 53.9 Å². The van der Waals surface area contributed by atoms with Gasteiger partial charge in [-0.2, -0.15) is 0 Å². The van der Waals surface area contributed by atoms with E-state index in [4.69, 9.17) is 0 Å². The highest BCUT2D eigenvalue weighted by Crippen LogP contribution is 2.39. The molecule has 16 heavy (non-hydrogen) atoms. The van der Waals surface area contributed by atoms with Crippen LogP contribution in [0.15, 0.2) is 12.1 Å². The average Bonchev–Trinajstić information content (AvgIpc) is 2.52. The smallest absolute Gasteiger partial charge is 0.120 e. The molecular formula is C15H20O. The summed E-state index contributed by atoms with van der Waals surface area (Å²) >= 11 is 0. The number of fused-ring (bicyclic) bond motifs is 1. The molecule has 0 aromatic heterocycles. The zero-order valence-electron chi connectivity index (χ0n) is 10.5. The van der Waals surface area contributed by atoms with Gasteiger partial charge >= 0.3 is 0 Å². The Morgan fingerprint density at radius 2 is 2.12 bits per heavy atom. The quantitative estimate of drug-likeness (QED) is 0.708. The van der Waals surface area contributed by atoms with Gasteiger partial charge in [0.15, 0.2) is 0 Å². The van der Waals surface area contributed by atoms with Crippen molar-refractivity contribution in [3.8, 4) is 0 Å². The van der Waals surface area contributed by atoms with E-state index >= 15 is 0 Å². The van der Waals surface area contributed by atoms with E-state index in [1.54, 1.807) is 0 Å². The highest BCUT2D eigenvalue weighted by Gasteiger charge is 2.29. The predicted octanol–water partition coefficient (Wildman–Crippen LogP) is 3.35. The topological polar surface area (TPSA) is 17.1 Å². The van der Waals surface area contributed by atoms with Crippen molar-refractivity contribution in [2.24, 2.45) is 0 Å². The van der Waals surface area contributed by atoms with Gasteiger partial charge < -0.3 is 4.79 Å². The second kappa shape index (κ2) is 4.04. The molecule has 0 spiro atoms. The first-order chi connectivity index (χ1) is 7.54. The Morgan fingerprint density at radius 3 is 2.81 bits per heavy atom. The molecule has 1 aromatic rings. The Labute approximate surface area is 97.9 Å². The van der Waals surface area contributed by atoms with Gasteiger partial charge in [0.1, 0.15) is 6.29 Å². The van der Waals surface area contributed by atoms with Crippen LogP contribution in [0.4, 0.5) is 0 Å². The number of benzene rings is 1. The number of aryl methyl sites for hydroxylation is 3. The van der Waals surface area contributed by atoms with Gasteiger partial charge in [0, 0.05) is 6.42 Å². The van der Waals surface area contributed by atoms with E-state index in [9.17, 15) is 4.79 Å². The maximum absolute atomic E-state index is 10.4. The first-order valence-corrected chi connectivity index (χ1v) is 6.11. The average molecular weight is 216 g/mol. The van der Waals surface area contributed by atoms with Gasteiger partial charge in [0.2, 0.25) is 0 Å². The van der Waals surface area contributed by atoms with Gasteiger partial charge in [-0.3, -0.25) is 0 Å². The van der Waals surface area contributed by atoms with E-state index in [-0.39, 0.29) is 0 Å². The molecule has 0 saturated heterocycles. The van der Waals surface area contributed by atoms with Crippen LogP contribution in [-0.2, 0) is 23.1 Å². The monoisotopic (exact) mass is 216 g/mol. The van der Waals surface area contributed by atoms with Gasteiger partial charge in [0.25, 0.3) is 0 Å². The third-order valence-electron chi connectivity index (χ3n) is 3.84. The van der Waals surface area contributed by atoms with Crippen molar-refractivity contribution < 1.29 is 4.79 Å². The fourth-order valence-corrected chi connectivity index (χ4v) is 2.71. The fraction of sp³-hybridized carbons (Fsp3) is 0.533. The summed E-state index contributed by atoms with van der Waals surface area (Å²) in [6, 6.07) is 4.66. The molecule has 0 unspecified atom stereocenters. The minimum Gasteiger partial charge on any atom is -0.303 e. The molecule has 0 N–H and O–H groups in total. The van der Waals surface area contributed by atoms with Gasteiger partial charge in [-0.1, -0.05) is 26.0 Å². The summed E-state index contributed by atoms with van der Waals surface area (Å²) in [5, 5.41) is 0. The van der Waals surface area contributed by atoms with E-state index in [0.29, 0.717) is 11.8 Å². The van der Waals surface area contributed by atoms with Crippen LogP contribution in [0.3, 0.4) is 0 Å². The molecule has 0 aliphatic heterocycles. The maximum Gasteiger partial charge on any atom is 0.120 e. The van der Waals surface area contributed by atoms with E-state index in [1.807, 2.05) is 0 Å². The summed E-state index contributed by atoms with van der Waals surface area (Å²) in [7, 11) is 0. The van der Waals surface area contributed by atoms with Crippen LogP contribution in [0.2, 0.25) is 0 Å². The van der Waals surface area contributed by atoms with Gasteiger partial charge in [-0.25, -0.2) is 0 Å². The number of hydrogen-bond acceptors (Lipinski definition) is 1. The largest absolute Gasteiger partial charge is 0.303 e. The third kappa shape index (κ3) is 1.91. The molecule has 0 radical (unpaired) electrons. The SMILES string of the molecule is Cc1cc2c(cc1CCC=O)CCC2(C)C. The highest BCUT2D eigenvalue weighted by atomic mass is 16.1. The minimum atomic E-state index is 0.337. The van der Waals surface area contributed by atoms with E-state index in [2.05, 4.69) is 32.9 Å².